The highest BCUT2D eigenvalue weighted by molar-refractivity contribution is 5.91. The standard InChI is InChI=1S/C29H37N3O4/c1-22-12-5-4-10-18-30-21-24(22)20-25(29(35)36)31-28(34)26-16-11-19-32(26)27(33)17-9-3-8-15-23-13-6-2-7-14-23/h2,4-7,10,12-14,21,25-26,30H,1,3,8-9,11,15-20H2,(H,31,34)(H,35,36)/b10-4-,12-5-,24-21-. The van der Waals surface area contributed by atoms with Gasteiger partial charge in [-0.05, 0) is 48.8 Å². The third-order valence-electron chi connectivity index (χ3n) is 6.58. The maximum Gasteiger partial charge on any atom is 0.326 e. The van der Waals surface area contributed by atoms with Crippen molar-refractivity contribution in [3.8, 4) is 0 Å². The van der Waals surface area contributed by atoms with E-state index >= 15 is 0 Å². The molecule has 36 heavy (non-hydrogen) atoms. The Kier molecular flexibility index (Phi) is 10.5. The van der Waals surface area contributed by atoms with Crippen LogP contribution >= 0.6 is 0 Å². The first kappa shape index (κ1) is 27.0. The van der Waals surface area contributed by atoms with Crippen LogP contribution in [-0.4, -0.2) is 53.0 Å². The molecule has 0 spiro atoms. The fourth-order valence-electron chi connectivity index (χ4n) is 4.55. The van der Waals surface area contributed by atoms with E-state index in [9.17, 15) is 19.5 Å². The van der Waals surface area contributed by atoms with Crippen LogP contribution in [0.1, 0.15) is 50.5 Å². The van der Waals surface area contributed by atoms with E-state index in [1.807, 2.05) is 42.5 Å². The zero-order valence-corrected chi connectivity index (χ0v) is 20.8. The van der Waals surface area contributed by atoms with E-state index in [-0.39, 0.29) is 12.3 Å². The summed E-state index contributed by atoms with van der Waals surface area (Å²) in [6, 6.07) is 8.55. The SMILES string of the molecule is C=C1/C=C\C=C/CN/C=C\1CC(NC(=O)C1CCCN1C(=O)CCCCCc1ccccc1)C(=O)O. The van der Waals surface area contributed by atoms with Gasteiger partial charge in [0.15, 0.2) is 0 Å². The number of allylic oxidation sites excluding steroid dienone is 4. The van der Waals surface area contributed by atoms with Crippen LogP contribution in [0.15, 0.2) is 78.6 Å². The van der Waals surface area contributed by atoms with Gasteiger partial charge in [-0.15, -0.1) is 0 Å². The van der Waals surface area contributed by atoms with E-state index in [4.69, 9.17) is 0 Å². The third kappa shape index (κ3) is 8.26. The molecule has 1 saturated heterocycles. The smallest absolute Gasteiger partial charge is 0.326 e. The van der Waals surface area contributed by atoms with Crippen LogP contribution in [0.5, 0.6) is 0 Å². The lowest BCUT2D eigenvalue weighted by Gasteiger charge is -2.26. The Labute approximate surface area is 213 Å². The number of hydrogen-bond acceptors (Lipinski definition) is 4. The number of nitrogens with zero attached hydrogens (tertiary/aromatic N) is 1. The lowest BCUT2D eigenvalue weighted by molar-refractivity contribution is -0.143. The van der Waals surface area contributed by atoms with Crippen LogP contribution in [0.3, 0.4) is 0 Å². The number of carbonyl (C=O) groups is 3. The van der Waals surface area contributed by atoms with Gasteiger partial charge in [0, 0.05) is 32.1 Å². The summed E-state index contributed by atoms with van der Waals surface area (Å²) in [7, 11) is 0. The molecule has 1 fully saturated rings. The molecule has 7 nitrogen and oxygen atoms in total. The molecule has 3 rings (SSSR count). The van der Waals surface area contributed by atoms with Crippen LogP contribution in [0, 0.1) is 0 Å². The normalized spacial score (nSPS) is 21.7. The zero-order chi connectivity index (χ0) is 25.8. The lowest BCUT2D eigenvalue weighted by atomic mass is 9.99. The number of aliphatic carboxylic acids is 1. The minimum atomic E-state index is -1.12. The second-order valence-electron chi connectivity index (χ2n) is 9.29. The molecule has 3 N–H and O–H groups in total. The van der Waals surface area contributed by atoms with Crippen LogP contribution in [0.2, 0.25) is 0 Å². The minimum absolute atomic E-state index is 0.0339. The predicted octanol–water partition coefficient (Wildman–Crippen LogP) is 3.90. The molecule has 1 aromatic rings. The van der Waals surface area contributed by atoms with Crippen molar-refractivity contribution in [2.24, 2.45) is 0 Å². The number of carbonyl (C=O) groups excluding carboxylic acids is 2. The van der Waals surface area contributed by atoms with E-state index in [1.165, 1.54) is 5.56 Å². The summed E-state index contributed by atoms with van der Waals surface area (Å²) in [5.74, 6) is -1.56. The Morgan fingerprint density at radius 3 is 2.72 bits per heavy atom. The average molecular weight is 492 g/mol. The van der Waals surface area contributed by atoms with Gasteiger partial charge >= 0.3 is 5.97 Å². The van der Waals surface area contributed by atoms with Crippen molar-refractivity contribution < 1.29 is 19.5 Å². The maximum atomic E-state index is 13.1. The van der Waals surface area contributed by atoms with Crippen LogP contribution in [0.25, 0.3) is 0 Å². The molecule has 2 aliphatic rings. The van der Waals surface area contributed by atoms with Gasteiger partial charge in [-0.3, -0.25) is 9.59 Å². The summed E-state index contributed by atoms with van der Waals surface area (Å²) in [6.45, 7) is 5.15. The van der Waals surface area contributed by atoms with Crippen molar-refractivity contribution in [1.82, 2.24) is 15.5 Å². The molecule has 0 aromatic heterocycles. The maximum absolute atomic E-state index is 13.1. The van der Waals surface area contributed by atoms with Crippen molar-refractivity contribution in [3.05, 3.63) is 84.1 Å². The molecule has 7 heteroatoms. The fourth-order valence-corrected chi connectivity index (χ4v) is 4.55. The van der Waals surface area contributed by atoms with Gasteiger partial charge in [-0.25, -0.2) is 4.79 Å². The van der Waals surface area contributed by atoms with E-state index in [0.717, 1.165) is 32.1 Å². The van der Waals surface area contributed by atoms with Gasteiger partial charge in [0.2, 0.25) is 11.8 Å². The van der Waals surface area contributed by atoms with E-state index < -0.39 is 24.0 Å². The van der Waals surface area contributed by atoms with Crippen molar-refractivity contribution in [2.75, 3.05) is 13.1 Å². The second kappa shape index (κ2) is 14.1. The number of unbranched alkanes of at least 4 members (excludes halogenated alkanes) is 2. The number of aryl methyl sites for hydroxylation is 1. The molecule has 192 valence electrons. The summed E-state index contributed by atoms with van der Waals surface area (Å²) in [5.41, 5.74) is 2.68. The number of benzene rings is 1. The van der Waals surface area contributed by atoms with Gasteiger partial charge < -0.3 is 20.6 Å². The second-order valence-corrected chi connectivity index (χ2v) is 9.29. The topological polar surface area (TPSA) is 98.7 Å². The van der Waals surface area contributed by atoms with E-state index in [0.29, 0.717) is 37.1 Å². The number of hydrogen-bond donors (Lipinski definition) is 3. The number of carboxylic acid groups (broad SMARTS) is 1. The Balaban J connectivity index is 1.50. The largest absolute Gasteiger partial charge is 0.480 e. The molecule has 2 amide bonds. The Bertz CT molecular complexity index is 1010. The number of nitrogens with one attached hydrogen (secondary N) is 2. The van der Waals surface area contributed by atoms with Gasteiger partial charge in [0.1, 0.15) is 12.1 Å². The van der Waals surface area contributed by atoms with Crippen molar-refractivity contribution in [1.29, 1.82) is 0 Å². The van der Waals surface area contributed by atoms with Gasteiger partial charge in [-0.1, -0.05) is 67.6 Å². The monoisotopic (exact) mass is 491 g/mol. The number of likely N-dealkylation sites (tertiary alicyclic amines) is 1. The summed E-state index contributed by atoms with van der Waals surface area (Å²) >= 11 is 0. The Hall–Kier alpha value is -3.61. The summed E-state index contributed by atoms with van der Waals surface area (Å²) in [4.78, 5) is 39.5. The zero-order valence-electron chi connectivity index (χ0n) is 20.8. The molecule has 1 aromatic carbocycles. The molecule has 0 bridgehead atoms. The highest BCUT2D eigenvalue weighted by Gasteiger charge is 2.35. The molecule has 0 radical (unpaired) electrons. The summed E-state index contributed by atoms with van der Waals surface area (Å²) < 4.78 is 0. The van der Waals surface area contributed by atoms with Crippen LogP contribution in [0.4, 0.5) is 0 Å². The van der Waals surface area contributed by atoms with Crippen LogP contribution < -0.4 is 10.6 Å². The minimum Gasteiger partial charge on any atom is -0.480 e. The first-order valence-corrected chi connectivity index (χ1v) is 12.8. The number of amides is 2. The quantitative estimate of drug-likeness (QED) is 0.408. The van der Waals surface area contributed by atoms with E-state index in [1.54, 1.807) is 11.1 Å². The molecule has 2 atom stereocenters. The molecule has 2 heterocycles. The molecule has 2 unspecified atom stereocenters. The average Bonchev–Trinajstić information content (AvgIpc) is 3.39. The first-order chi connectivity index (χ1) is 17.5. The van der Waals surface area contributed by atoms with Gasteiger partial charge in [0.05, 0.1) is 0 Å². The fraction of sp³-hybridized carbons (Fsp3) is 0.414. The third-order valence-corrected chi connectivity index (χ3v) is 6.58. The lowest BCUT2D eigenvalue weighted by Crippen LogP contribution is -2.51. The van der Waals surface area contributed by atoms with Crippen molar-refractivity contribution >= 4 is 17.8 Å². The summed E-state index contributed by atoms with van der Waals surface area (Å²) in [6.07, 6.45) is 14.7. The van der Waals surface area contributed by atoms with E-state index in [2.05, 4.69) is 29.3 Å². The molecular weight excluding hydrogens is 454 g/mol. The highest BCUT2D eigenvalue weighted by atomic mass is 16.4. The van der Waals surface area contributed by atoms with Gasteiger partial charge in [0.25, 0.3) is 0 Å². The Morgan fingerprint density at radius 1 is 1.14 bits per heavy atom. The van der Waals surface area contributed by atoms with Crippen molar-refractivity contribution in [2.45, 2.75) is 63.5 Å². The first-order valence-electron chi connectivity index (χ1n) is 12.8. The molecule has 2 aliphatic heterocycles. The summed E-state index contributed by atoms with van der Waals surface area (Å²) in [5, 5.41) is 15.6. The number of carboxylic acids is 1. The van der Waals surface area contributed by atoms with Crippen LogP contribution in [-0.2, 0) is 20.8 Å². The number of rotatable bonds is 11. The highest BCUT2D eigenvalue weighted by Crippen LogP contribution is 2.21. The molecule has 0 saturated carbocycles. The molecular formula is C29H37N3O4. The molecule has 0 aliphatic carbocycles. The predicted molar refractivity (Wildman–Crippen MR) is 141 cm³/mol. The Morgan fingerprint density at radius 2 is 1.94 bits per heavy atom. The van der Waals surface area contributed by atoms with Crippen molar-refractivity contribution in [3.63, 3.8) is 0 Å². The van der Waals surface area contributed by atoms with Gasteiger partial charge in [-0.2, -0.15) is 0 Å².